The molecule has 1 aromatic rings. The van der Waals surface area contributed by atoms with Gasteiger partial charge in [-0.25, -0.2) is 9.97 Å². The molecule has 1 heterocycles. The summed E-state index contributed by atoms with van der Waals surface area (Å²) in [5.74, 6) is 0.766. The Morgan fingerprint density at radius 2 is 2.26 bits per heavy atom. The summed E-state index contributed by atoms with van der Waals surface area (Å²) in [5, 5.41) is 0.696. The van der Waals surface area contributed by atoms with E-state index in [0.717, 1.165) is 5.69 Å². The second-order valence-corrected chi connectivity index (χ2v) is 5.78. The van der Waals surface area contributed by atoms with Gasteiger partial charge < -0.3 is 4.90 Å². The van der Waals surface area contributed by atoms with Crippen molar-refractivity contribution in [2.75, 3.05) is 20.4 Å². The zero-order chi connectivity index (χ0) is 13.8. The smallest absolute Gasteiger partial charge is 0.187 e. The number of ketones is 1. The molecule has 19 heavy (non-hydrogen) atoms. The highest BCUT2D eigenvalue weighted by Gasteiger charge is 2.27. The maximum absolute atomic E-state index is 12.4. The summed E-state index contributed by atoms with van der Waals surface area (Å²) in [7, 11) is 3.84. The van der Waals surface area contributed by atoms with E-state index in [4.69, 9.17) is 0 Å². The lowest BCUT2D eigenvalue weighted by Gasteiger charge is -2.11. The van der Waals surface area contributed by atoms with Crippen LogP contribution in [0.1, 0.15) is 25.0 Å². The first kappa shape index (κ1) is 14.1. The molecule has 0 atom stereocenters. The average molecular weight is 277 g/mol. The van der Waals surface area contributed by atoms with Gasteiger partial charge in [-0.3, -0.25) is 4.79 Å². The SMILES string of the molecule is CSc1nccc(/C(=C\N(C)C)C(=O)CC2CC2)n1. The van der Waals surface area contributed by atoms with E-state index in [1.807, 2.05) is 31.5 Å². The summed E-state index contributed by atoms with van der Waals surface area (Å²) in [6.07, 6.45) is 8.50. The molecular weight excluding hydrogens is 258 g/mol. The number of hydrogen-bond donors (Lipinski definition) is 0. The maximum atomic E-state index is 12.4. The van der Waals surface area contributed by atoms with Crippen molar-refractivity contribution in [1.29, 1.82) is 0 Å². The quantitative estimate of drug-likeness (QED) is 0.454. The molecular formula is C14H19N3OS. The molecule has 1 aromatic heterocycles. The van der Waals surface area contributed by atoms with Gasteiger partial charge >= 0.3 is 0 Å². The molecule has 5 heteroatoms. The summed E-state index contributed by atoms with van der Waals surface area (Å²) in [4.78, 5) is 22.8. The standard InChI is InChI=1S/C14H19N3OS/c1-17(2)9-11(13(18)8-10-4-5-10)12-6-7-15-14(16-12)19-3/h6-7,9-10H,4-5,8H2,1-3H3/b11-9+. The van der Waals surface area contributed by atoms with E-state index in [1.54, 1.807) is 12.3 Å². The number of carbonyl (C=O) groups excluding carboxylic acids is 1. The number of nitrogens with zero attached hydrogens (tertiary/aromatic N) is 3. The van der Waals surface area contributed by atoms with E-state index >= 15 is 0 Å². The molecule has 102 valence electrons. The molecule has 0 aliphatic heterocycles. The van der Waals surface area contributed by atoms with Crippen molar-refractivity contribution in [2.24, 2.45) is 5.92 Å². The number of rotatable bonds is 6. The molecule has 1 aliphatic carbocycles. The molecule has 0 saturated heterocycles. The number of carbonyl (C=O) groups is 1. The van der Waals surface area contributed by atoms with Crippen LogP contribution in [0.2, 0.25) is 0 Å². The number of thioether (sulfide) groups is 1. The van der Waals surface area contributed by atoms with Gasteiger partial charge in [-0.15, -0.1) is 0 Å². The molecule has 0 radical (unpaired) electrons. The third-order valence-electron chi connectivity index (χ3n) is 2.95. The Morgan fingerprint density at radius 1 is 1.53 bits per heavy atom. The zero-order valence-corrected chi connectivity index (χ0v) is 12.4. The molecule has 0 aromatic carbocycles. The van der Waals surface area contributed by atoms with Crippen molar-refractivity contribution < 1.29 is 4.79 Å². The molecule has 0 unspecified atom stereocenters. The van der Waals surface area contributed by atoms with Crippen molar-refractivity contribution >= 4 is 23.1 Å². The highest BCUT2D eigenvalue weighted by atomic mass is 32.2. The molecule has 0 amide bonds. The second kappa shape index (κ2) is 6.19. The summed E-state index contributed by atoms with van der Waals surface area (Å²) in [6, 6.07) is 1.81. The fourth-order valence-electron chi connectivity index (χ4n) is 1.82. The highest BCUT2D eigenvalue weighted by Crippen LogP contribution is 2.34. The van der Waals surface area contributed by atoms with E-state index in [9.17, 15) is 4.79 Å². The minimum Gasteiger partial charge on any atom is -0.383 e. The molecule has 0 bridgehead atoms. The van der Waals surface area contributed by atoms with Crippen LogP contribution in [0.15, 0.2) is 23.6 Å². The number of allylic oxidation sites excluding steroid dienone is 1. The van der Waals surface area contributed by atoms with Crippen LogP contribution in [-0.4, -0.2) is 41.0 Å². The van der Waals surface area contributed by atoms with Crippen molar-refractivity contribution in [3.8, 4) is 0 Å². The molecule has 4 nitrogen and oxygen atoms in total. The highest BCUT2D eigenvalue weighted by molar-refractivity contribution is 7.98. The van der Waals surface area contributed by atoms with Crippen LogP contribution in [0.25, 0.3) is 5.57 Å². The van der Waals surface area contributed by atoms with Gasteiger partial charge in [-0.1, -0.05) is 11.8 Å². The summed E-state index contributed by atoms with van der Waals surface area (Å²) in [5.41, 5.74) is 1.41. The van der Waals surface area contributed by atoms with Crippen molar-refractivity contribution in [3.63, 3.8) is 0 Å². The maximum Gasteiger partial charge on any atom is 0.187 e. The first-order chi connectivity index (χ1) is 9.10. The summed E-state index contributed by atoms with van der Waals surface area (Å²) < 4.78 is 0. The van der Waals surface area contributed by atoms with Gasteiger partial charge in [0, 0.05) is 32.9 Å². The van der Waals surface area contributed by atoms with Gasteiger partial charge in [0.25, 0.3) is 0 Å². The van der Waals surface area contributed by atoms with Gasteiger partial charge in [0.1, 0.15) is 0 Å². The molecule has 1 aliphatic rings. The first-order valence-corrected chi connectivity index (χ1v) is 7.61. The molecule has 1 fully saturated rings. The number of hydrogen-bond acceptors (Lipinski definition) is 5. The van der Waals surface area contributed by atoms with Gasteiger partial charge in [0.2, 0.25) is 0 Å². The lowest BCUT2D eigenvalue weighted by atomic mass is 10.0. The fourth-order valence-corrected chi connectivity index (χ4v) is 2.18. The van der Waals surface area contributed by atoms with Gasteiger partial charge in [-0.2, -0.15) is 0 Å². The Balaban J connectivity index is 2.27. The Bertz CT molecular complexity index is 495. The Kier molecular flexibility index (Phi) is 4.58. The topological polar surface area (TPSA) is 46.1 Å². The number of Topliss-reactive ketones (excluding diaryl/α,β-unsaturated/α-hetero) is 1. The van der Waals surface area contributed by atoms with Crippen LogP contribution in [0, 0.1) is 5.92 Å². The van der Waals surface area contributed by atoms with Gasteiger partial charge in [-0.05, 0) is 31.1 Å². The zero-order valence-electron chi connectivity index (χ0n) is 11.6. The molecule has 2 rings (SSSR count). The Hall–Kier alpha value is -1.36. The monoisotopic (exact) mass is 277 g/mol. The molecule has 1 saturated carbocycles. The predicted octanol–water partition coefficient (Wildman–Crippen LogP) is 2.47. The van der Waals surface area contributed by atoms with Crippen LogP contribution >= 0.6 is 11.8 Å². The van der Waals surface area contributed by atoms with Crippen LogP contribution in [-0.2, 0) is 4.79 Å². The van der Waals surface area contributed by atoms with Crippen molar-refractivity contribution in [2.45, 2.75) is 24.4 Å². The van der Waals surface area contributed by atoms with Gasteiger partial charge in [0.15, 0.2) is 10.9 Å². The van der Waals surface area contributed by atoms with Crippen LogP contribution < -0.4 is 0 Å². The van der Waals surface area contributed by atoms with E-state index < -0.39 is 0 Å². The molecule has 0 N–H and O–H groups in total. The Labute approximate surface area is 118 Å². The largest absolute Gasteiger partial charge is 0.383 e. The number of aromatic nitrogens is 2. The van der Waals surface area contributed by atoms with Crippen molar-refractivity contribution in [1.82, 2.24) is 14.9 Å². The average Bonchev–Trinajstić information content (AvgIpc) is 3.19. The van der Waals surface area contributed by atoms with E-state index in [-0.39, 0.29) is 5.78 Å². The fraction of sp³-hybridized carbons (Fsp3) is 0.500. The van der Waals surface area contributed by atoms with E-state index in [0.29, 0.717) is 23.1 Å². The third-order valence-corrected chi connectivity index (χ3v) is 3.51. The van der Waals surface area contributed by atoms with E-state index in [1.165, 1.54) is 24.6 Å². The lowest BCUT2D eigenvalue weighted by Crippen LogP contribution is -2.11. The van der Waals surface area contributed by atoms with Gasteiger partial charge in [0.05, 0.1) is 11.3 Å². The summed E-state index contributed by atoms with van der Waals surface area (Å²) >= 11 is 1.48. The normalized spacial score (nSPS) is 15.4. The lowest BCUT2D eigenvalue weighted by molar-refractivity contribution is -0.114. The molecule has 0 spiro atoms. The van der Waals surface area contributed by atoms with Crippen LogP contribution in [0.5, 0.6) is 0 Å². The predicted molar refractivity (Wildman–Crippen MR) is 77.8 cm³/mol. The third kappa shape index (κ3) is 4.06. The first-order valence-electron chi connectivity index (χ1n) is 6.39. The Morgan fingerprint density at radius 3 is 2.84 bits per heavy atom. The van der Waals surface area contributed by atoms with Crippen LogP contribution in [0.4, 0.5) is 0 Å². The summed E-state index contributed by atoms with van der Waals surface area (Å²) in [6.45, 7) is 0. The second-order valence-electron chi connectivity index (χ2n) is 5.01. The minimum atomic E-state index is 0.182. The van der Waals surface area contributed by atoms with E-state index in [2.05, 4.69) is 9.97 Å². The van der Waals surface area contributed by atoms with Crippen LogP contribution in [0.3, 0.4) is 0 Å². The van der Waals surface area contributed by atoms with Crippen molar-refractivity contribution in [3.05, 3.63) is 24.2 Å². The minimum absolute atomic E-state index is 0.182.